The predicted octanol–water partition coefficient (Wildman–Crippen LogP) is 0.842. The normalized spacial score (nSPS) is 31.9. The number of alkyl halides is 1. The van der Waals surface area contributed by atoms with Gasteiger partial charge in [-0.2, -0.15) is 0 Å². The van der Waals surface area contributed by atoms with Crippen LogP contribution >= 0.6 is 27.3 Å². The molecule has 0 spiro atoms. The molecule has 3 rings (SSSR count). The van der Waals surface area contributed by atoms with Crippen LogP contribution in [0.3, 0.4) is 0 Å². The van der Waals surface area contributed by atoms with Crippen molar-refractivity contribution in [1.82, 2.24) is 24.6 Å². The standard InChI is InChI=1S/C12H20BrN5O2S/c1-16-8-11(17-4-6-20-7-5-17)18(19,9-16)12-15-14-10(21-12)2-3-13/h11H,2-9H2,1H3. The second-order valence-electron chi connectivity index (χ2n) is 5.52. The summed E-state index contributed by atoms with van der Waals surface area (Å²) in [6, 6.07) is 0. The lowest BCUT2D eigenvalue weighted by molar-refractivity contribution is -0.00410. The second kappa shape index (κ2) is 6.53. The topological polar surface area (TPSA) is 64.5 Å². The van der Waals surface area contributed by atoms with E-state index >= 15 is 0 Å². The SMILES string of the molecule is CN1CC(N2CCOCC2)[N+]([O-])(c2nnc(CCBr)s2)C1. The summed E-state index contributed by atoms with van der Waals surface area (Å²) in [7, 11) is 1.99. The van der Waals surface area contributed by atoms with Gasteiger partial charge in [0.2, 0.25) is 0 Å². The van der Waals surface area contributed by atoms with E-state index in [-0.39, 0.29) is 6.17 Å². The summed E-state index contributed by atoms with van der Waals surface area (Å²) in [4.78, 5) is 4.32. The van der Waals surface area contributed by atoms with E-state index in [1.807, 2.05) is 7.05 Å². The fourth-order valence-electron chi connectivity index (χ4n) is 2.94. The number of ether oxygens (including phenoxy) is 1. The number of rotatable bonds is 4. The molecule has 0 bridgehead atoms. The van der Waals surface area contributed by atoms with Crippen LogP contribution in [0.5, 0.6) is 0 Å². The fraction of sp³-hybridized carbons (Fsp3) is 0.833. The van der Waals surface area contributed by atoms with Gasteiger partial charge in [-0.3, -0.25) is 9.55 Å². The lowest BCUT2D eigenvalue weighted by Gasteiger charge is -2.45. The minimum absolute atomic E-state index is 0.108. The number of likely N-dealkylation sites (N-methyl/N-ethyl adjacent to an activating group) is 1. The number of quaternary nitrogens is 1. The van der Waals surface area contributed by atoms with Gasteiger partial charge in [0.1, 0.15) is 11.7 Å². The molecule has 2 unspecified atom stereocenters. The molecular weight excluding hydrogens is 358 g/mol. The Morgan fingerprint density at radius 1 is 1.43 bits per heavy atom. The van der Waals surface area contributed by atoms with Crippen molar-refractivity contribution in [1.29, 1.82) is 0 Å². The third kappa shape index (κ3) is 3.14. The van der Waals surface area contributed by atoms with Crippen LogP contribution in [-0.2, 0) is 11.2 Å². The summed E-state index contributed by atoms with van der Waals surface area (Å²) in [6.07, 6.45) is 0.707. The average molecular weight is 378 g/mol. The van der Waals surface area contributed by atoms with Crippen molar-refractivity contribution >= 4 is 32.4 Å². The molecule has 2 aliphatic rings. The monoisotopic (exact) mass is 377 g/mol. The highest BCUT2D eigenvalue weighted by Gasteiger charge is 2.46. The van der Waals surface area contributed by atoms with Crippen molar-refractivity contribution in [2.24, 2.45) is 0 Å². The number of hydroxylamine groups is 2. The van der Waals surface area contributed by atoms with Crippen LogP contribution in [0.4, 0.5) is 5.13 Å². The molecule has 0 N–H and O–H groups in total. The first kappa shape index (κ1) is 15.7. The van der Waals surface area contributed by atoms with Crippen LogP contribution in [-0.4, -0.2) is 78.1 Å². The summed E-state index contributed by atoms with van der Waals surface area (Å²) < 4.78 is 4.99. The highest BCUT2D eigenvalue weighted by molar-refractivity contribution is 9.09. The highest BCUT2D eigenvalue weighted by Crippen LogP contribution is 2.35. The number of morpholine rings is 1. The molecule has 2 aliphatic heterocycles. The Morgan fingerprint density at radius 3 is 2.90 bits per heavy atom. The molecule has 0 radical (unpaired) electrons. The van der Waals surface area contributed by atoms with Gasteiger partial charge in [-0.25, -0.2) is 4.90 Å². The molecule has 3 heterocycles. The van der Waals surface area contributed by atoms with E-state index in [0.29, 0.717) is 25.0 Å². The molecule has 0 aliphatic carbocycles. The number of aromatic nitrogens is 2. The first-order valence-corrected chi connectivity index (χ1v) is 9.05. The molecule has 0 amide bonds. The van der Waals surface area contributed by atoms with E-state index in [4.69, 9.17) is 4.74 Å². The molecule has 21 heavy (non-hydrogen) atoms. The quantitative estimate of drug-likeness (QED) is 0.440. The fourth-order valence-corrected chi connectivity index (χ4v) is 4.49. The molecule has 7 nitrogen and oxygen atoms in total. The zero-order valence-corrected chi connectivity index (χ0v) is 14.5. The van der Waals surface area contributed by atoms with Gasteiger partial charge < -0.3 is 9.94 Å². The van der Waals surface area contributed by atoms with Gasteiger partial charge in [-0.15, -0.1) is 5.10 Å². The Hall–Kier alpha value is -0.160. The van der Waals surface area contributed by atoms with E-state index in [2.05, 4.69) is 35.9 Å². The van der Waals surface area contributed by atoms with E-state index in [0.717, 1.165) is 36.4 Å². The maximum Gasteiger partial charge on any atom is 0.309 e. The maximum atomic E-state index is 13.5. The Morgan fingerprint density at radius 2 is 2.19 bits per heavy atom. The minimum Gasteiger partial charge on any atom is -0.623 e. The third-order valence-electron chi connectivity index (χ3n) is 3.96. The summed E-state index contributed by atoms with van der Waals surface area (Å²) in [5.74, 6) is 0. The minimum atomic E-state index is -0.406. The van der Waals surface area contributed by atoms with Crippen LogP contribution in [0.15, 0.2) is 0 Å². The van der Waals surface area contributed by atoms with Crippen LogP contribution in [0.25, 0.3) is 0 Å². The Bertz CT molecular complexity index is 484. The summed E-state index contributed by atoms with van der Waals surface area (Å²) >= 11 is 4.85. The van der Waals surface area contributed by atoms with Crippen molar-refractivity contribution in [2.75, 3.05) is 51.9 Å². The smallest absolute Gasteiger partial charge is 0.309 e. The largest absolute Gasteiger partial charge is 0.623 e. The van der Waals surface area contributed by atoms with Crippen LogP contribution in [0, 0.1) is 5.21 Å². The number of hydrogen-bond donors (Lipinski definition) is 0. The maximum absolute atomic E-state index is 13.5. The van der Waals surface area contributed by atoms with Crippen LogP contribution < -0.4 is 4.65 Å². The Labute approximate surface area is 136 Å². The summed E-state index contributed by atoms with van der Waals surface area (Å²) in [5.41, 5.74) is 0. The molecule has 2 saturated heterocycles. The Balaban J connectivity index is 1.84. The van der Waals surface area contributed by atoms with E-state index in [9.17, 15) is 5.21 Å². The molecule has 1 aromatic rings. The number of aryl methyl sites for hydroxylation is 1. The first-order valence-electron chi connectivity index (χ1n) is 7.11. The van der Waals surface area contributed by atoms with Gasteiger partial charge >= 0.3 is 5.13 Å². The van der Waals surface area contributed by atoms with Gasteiger partial charge in [-0.05, 0) is 18.4 Å². The lowest BCUT2D eigenvalue weighted by Crippen LogP contribution is -2.59. The number of halogens is 1. The second-order valence-corrected chi connectivity index (χ2v) is 7.36. The molecule has 0 aromatic carbocycles. The van der Waals surface area contributed by atoms with Crippen molar-refractivity contribution in [2.45, 2.75) is 12.6 Å². The van der Waals surface area contributed by atoms with E-state index in [1.54, 1.807) is 0 Å². The third-order valence-corrected chi connectivity index (χ3v) is 5.45. The molecule has 9 heteroatoms. The number of hydrogen-bond acceptors (Lipinski definition) is 7. The zero-order chi connectivity index (χ0) is 14.9. The molecule has 118 valence electrons. The number of nitrogens with zero attached hydrogens (tertiary/aromatic N) is 5. The van der Waals surface area contributed by atoms with Crippen molar-refractivity contribution in [3.8, 4) is 0 Å². The van der Waals surface area contributed by atoms with E-state index < -0.39 is 4.65 Å². The highest BCUT2D eigenvalue weighted by atomic mass is 79.9. The van der Waals surface area contributed by atoms with Crippen molar-refractivity contribution in [3.63, 3.8) is 0 Å². The van der Waals surface area contributed by atoms with Crippen molar-refractivity contribution < 1.29 is 4.74 Å². The van der Waals surface area contributed by atoms with Crippen LogP contribution in [0.1, 0.15) is 5.01 Å². The van der Waals surface area contributed by atoms with Gasteiger partial charge in [0.25, 0.3) is 0 Å². The van der Waals surface area contributed by atoms with Gasteiger partial charge in [-0.1, -0.05) is 21.0 Å². The van der Waals surface area contributed by atoms with E-state index in [1.165, 1.54) is 11.3 Å². The molecule has 2 atom stereocenters. The molecule has 2 fully saturated rings. The predicted molar refractivity (Wildman–Crippen MR) is 86.2 cm³/mol. The molecular formula is C12H20BrN5O2S. The van der Waals surface area contributed by atoms with Gasteiger partial charge in [0.05, 0.1) is 19.8 Å². The van der Waals surface area contributed by atoms with Crippen molar-refractivity contribution in [3.05, 3.63) is 10.2 Å². The molecule has 1 aromatic heterocycles. The Kier molecular flexibility index (Phi) is 4.89. The van der Waals surface area contributed by atoms with Gasteiger partial charge in [0, 0.05) is 24.8 Å². The summed E-state index contributed by atoms with van der Waals surface area (Å²) in [5, 5.41) is 24.2. The lowest BCUT2D eigenvalue weighted by atomic mass is 10.3. The van der Waals surface area contributed by atoms with Gasteiger partial charge in [0.15, 0.2) is 6.17 Å². The average Bonchev–Trinajstić information content (AvgIpc) is 3.06. The first-order chi connectivity index (χ1) is 10.1. The zero-order valence-electron chi connectivity index (χ0n) is 12.1. The van der Waals surface area contributed by atoms with Crippen LogP contribution in [0.2, 0.25) is 0 Å². The molecule has 0 saturated carbocycles. The summed E-state index contributed by atoms with van der Waals surface area (Å²) in [6.45, 7) is 4.22.